The minimum absolute atomic E-state index is 0.0290. The number of hydrogen-bond acceptors (Lipinski definition) is 16. The number of hydrogen-bond donors (Lipinski definition) is 6. The van der Waals surface area contributed by atoms with Crippen LogP contribution < -0.4 is 21.3 Å². The van der Waals surface area contributed by atoms with E-state index in [1.165, 1.54) is 63.1 Å². The summed E-state index contributed by atoms with van der Waals surface area (Å²) in [4.78, 5) is 168. The second kappa shape index (κ2) is 33.3. The standard InChI is InChI=1S/C58H103N13O13S/c1-21-23-25-37(7)44(72)43-46(74)60-39(22-2)48(76)67(18)52(85-31-24-26-70-27-29-71(30-28-70)34-57(9,10)11)51(79)64(15)41(33-58(12,13)84)45(73)61-54(81)69(20)55(82)62-53(80)59-38(8)47(75)63(14)40(32-35(3)4)49(77)68(19)56(83)66(17)42(36(5)6)50(78)65(43)16/h21,23,35-44,52,72,84H,22,24-34H2,1-20H3,(H,60,74)(H,61,73,81)(H2,59,62,80,82)/b23-21+/t37-,38?,39+,40+,41+,42+,43+,44-,52-/m1/s1. The zero-order valence-corrected chi connectivity index (χ0v) is 55.1. The summed E-state index contributed by atoms with van der Waals surface area (Å²) < 4.78 is 0. The number of carbonyl (C=O) groups is 11. The number of rotatable bonds is 16. The fourth-order valence-corrected chi connectivity index (χ4v) is 11.4. The third-order valence-corrected chi connectivity index (χ3v) is 16.6. The van der Waals surface area contributed by atoms with Crippen LogP contribution in [0.25, 0.3) is 0 Å². The number of aliphatic hydroxyl groups excluding tert-OH is 1. The molecule has 26 nitrogen and oxygen atoms in total. The van der Waals surface area contributed by atoms with Gasteiger partial charge in [0.2, 0.25) is 23.6 Å². The molecule has 2 aliphatic heterocycles. The summed E-state index contributed by atoms with van der Waals surface area (Å²) in [5.74, 6) is -7.36. The molecule has 0 spiro atoms. The number of urea groups is 4. The first-order valence-electron chi connectivity index (χ1n) is 29.4. The molecule has 27 heteroatoms. The second-order valence-corrected chi connectivity index (χ2v) is 26.6. The average Bonchev–Trinajstić information content (AvgIpc) is 3.55. The van der Waals surface area contributed by atoms with Gasteiger partial charge in [0.15, 0.2) is 5.37 Å². The van der Waals surface area contributed by atoms with E-state index in [-0.39, 0.29) is 30.6 Å². The number of allylic oxidation sites excluding steroid dienone is 2. The summed E-state index contributed by atoms with van der Waals surface area (Å²) in [6.45, 7) is 27.6. The lowest BCUT2D eigenvalue weighted by Crippen LogP contribution is -2.63. The van der Waals surface area contributed by atoms with Gasteiger partial charge in [-0.2, -0.15) is 0 Å². The zero-order chi connectivity index (χ0) is 65.3. The molecule has 2 saturated heterocycles. The number of nitrogens with one attached hydrogen (secondary N) is 4. The maximum atomic E-state index is 15.1. The van der Waals surface area contributed by atoms with Gasteiger partial charge in [0.05, 0.1) is 11.7 Å². The van der Waals surface area contributed by atoms with Gasteiger partial charge >= 0.3 is 24.1 Å². The highest BCUT2D eigenvalue weighted by atomic mass is 32.2. The van der Waals surface area contributed by atoms with E-state index in [0.29, 0.717) is 23.6 Å². The van der Waals surface area contributed by atoms with Crippen molar-refractivity contribution in [2.45, 2.75) is 175 Å². The van der Waals surface area contributed by atoms with E-state index in [1.807, 2.05) is 5.32 Å². The van der Waals surface area contributed by atoms with Crippen molar-refractivity contribution in [2.24, 2.45) is 23.2 Å². The molecule has 2 aliphatic rings. The van der Waals surface area contributed by atoms with Gasteiger partial charge in [0, 0.05) is 88.5 Å². The van der Waals surface area contributed by atoms with Crippen LogP contribution >= 0.6 is 11.8 Å². The van der Waals surface area contributed by atoms with Crippen LogP contribution in [0.15, 0.2) is 12.2 Å². The Balaban J connectivity index is 2.90. The van der Waals surface area contributed by atoms with Crippen molar-refractivity contribution in [3.63, 3.8) is 0 Å². The first kappa shape index (κ1) is 75.2. The molecule has 0 aromatic heterocycles. The maximum Gasteiger partial charge on any atom is 0.333 e. The number of piperazine rings is 1. The van der Waals surface area contributed by atoms with E-state index in [2.05, 4.69) is 46.5 Å². The van der Waals surface area contributed by atoms with Crippen LogP contribution in [0.1, 0.15) is 122 Å². The third kappa shape index (κ3) is 22.1. The molecule has 9 atom stereocenters. The van der Waals surface area contributed by atoms with Crippen LogP contribution in [0.2, 0.25) is 0 Å². The second-order valence-electron chi connectivity index (χ2n) is 25.4. The Kier molecular flexibility index (Phi) is 29.4. The summed E-state index contributed by atoms with van der Waals surface area (Å²) in [7, 11) is 8.62. The van der Waals surface area contributed by atoms with Crippen LogP contribution in [-0.2, 0) is 33.6 Å². The Labute approximate surface area is 508 Å². The van der Waals surface area contributed by atoms with Crippen molar-refractivity contribution in [1.29, 1.82) is 0 Å². The van der Waals surface area contributed by atoms with E-state index in [0.717, 1.165) is 80.9 Å². The Hall–Kier alpha value is -5.90. The van der Waals surface area contributed by atoms with Gasteiger partial charge < -0.3 is 55.1 Å². The van der Waals surface area contributed by atoms with Gasteiger partial charge in [-0.1, -0.05) is 74.5 Å². The van der Waals surface area contributed by atoms with Gasteiger partial charge in [0.25, 0.3) is 17.7 Å². The number of imide groups is 4. The van der Waals surface area contributed by atoms with Crippen LogP contribution in [-0.4, -0.2) is 267 Å². The molecule has 1 unspecified atom stereocenters. The molecule has 484 valence electrons. The molecular weight excluding hydrogens is 1120 g/mol. The summed E-state index contributed by atoms with van der Waals surface area (Å²) in [5.41, 5.74) is -1.52. The van der Waals surface area contributed by atoms with E-state index < -0.39 is 137 Å². The molecule has 2 fully saturated rings. The molecule has 0 radical (unpaired) electrons. The quantitative estimate of drug-likeness (QED) is 0.0956. The Morgan fingerprint density at radius 1 is 0.647 bits per heavy atom. The molecule has 0 saturated carbocycles. The smallest absolute Gasteiger partial charge is 0.333 e. The van der Waals surface area contributed by atoms with Gasteiger partial charge in [-0.3, -0.25) is 49.1 Å². The van der Waals surface area contributed by atoms with E-state index >= 15 is 9.59 Å². The fourth-order valence-electron chi connectivity index (χ4n) is 10.3. The number of amides is 15. The van der Waals surface area contributed by atoms with E-state index in [9.17, 15) is 53.4 Å². The third-order valence-electron chi connectivity index (χ3n) is 15.3. The van der Waals surface area contributed by atoms with Crippen molar-refractivity contribution in [2.75, 3.05) is 94.4 Å². The molecule has 0 aromatic rings. The topological polar surface area (TPSA) is 306 Å². The van der Waals surface area contributed by atoms with Gasteiger partial charge in [-0.05, 0) is 88.8 Å². The fraction of sp³-hybridized carbons (Fsp3) is 0.776. The molecule has 15 amide bonds. The SMILES string of the molecule is C/C=C/C[C@@H](C)[C@@H](O)[C@H]1C(=O)N[C@@H](CC)C(=O)N(C)[C@H](SCCCN2CCN(CC(C)(C)C)CC2)C(=O)N(C)[C@@H](CC(C)(C)O)C(=O)NC(=O)N(C)C(=O)NC(=O)NC(C)C(=O)N(C)[C@@H](CC(C)C)C(=O)N(C)C(=O)N(C)[C@@H](C(C)C)C(=O)N1C. The minimum Gasteiger partial charge on any atom is -0.390 e. The molecule has 2 heterocycles. The molecule has 0 bridgehead atoms. The monoisotopic (exact) mass is 1220 g/mol. The van der Waals surface area contributed by atoms with Crippen molar-refractivity contribution in [1.82, 2.24) is 65.4 Å². The molecule has 0 aromatic carbocycles. The minimum atomic E-state index is -1.68. The number of thioether (sulfide) groups is 1. The highest BCUT2D eigenvalue weighted by Crippen LogP contribution is 2.27. The lowest BCUT2D eigenvalue weighted by Gasteiger charge is -2.40. The molecule has 6 N–H and O–H groups in total. The lowest BCUT2D eigenvalue weighted by atomic mass is 9.91. The van der Waals surface area contributed by atoms with E-state index in [1.54, 1.807) is 60.6 Å². The Morgan fingerprint density at radius 3 is 1.72 bits per heavy atom. The highest BCUT2D eigenvalue weighted by Gasteiger charge is 2.45. The average molecular weight is 1220 g/mol. The van der Waals surface area contributed by atoms with Crippen molar-refractivity contribution >= 4 is 77.2 Å². The van der Waals surface area contributed by atoms with Crippen molar-refractivity contribution < 1.29 is 63.0 Å². The maximum absolute atomic E-state index is 15.1. The normalized spacial score (nSPS) is 25.4. The largest absolute Gasteiger partial charge is 0.390 e. The van der Waals surface area contributed by atoms with Crippen molar-refractivity contribution in [3.05, 3.63) is 12.2 Å². The van der Waals surface area contributed by atoms with Crippen molar-refractivity contribution in [3.8, 4) is 0 Å². The molecule has 2 rings (SSSR count). The first-order chi connectivity index (χ1) is 39.2. The number of carbonyl (C=O) groups excluding carboxylic acids is 11. The lowest BCUT2D eigenvalue weighted by molar-refractivity contribution is -0.150. The van der Waals surface area contributed by atoms with Gasteiger partial charge in [0.1, 0.15) is 36.3 Å². The summed E-state index contributed by atoms with van der Waals surface area (Å²) in [5, 5.41) is 30.9. The predicted molar refractivity (Wildman–Crippen MR) is 325 cm³/mol. The Morgan fingerprint density at radius 2 is 1.20 bits per heavy atom. The van der Waals surface area contributed by atoms with Crippen LogP contribution in [0, 0.1) is 23.2 Å². The van der Waals surface area contributed by atoms with Crippen LogP contribution in [0.3, 0.4) is 0 Å². The highest BCUT2D eigenvalue weighted by molar-refractivity contribution is 8.00. The molecule has 85 heavy (non-hydrogen) atoms. The van der Waals surface area contributed by atoms with Gasteiger partial charge in [-0.15, -0.1) is 11.8 Å². The summed E-state index contributed by atoms with van der Waals surface area (Å²) in [6.07, 6.45) is 2.35. The van der Waals surface area contributed by atoms with Crippen LogP contribution in [0.5, 0.6) is 0 Å². The molecular formula is C58H103N13O13S. The zero-order valence-electron chi connectivity index (χ0n) is 54.3. The summed E-state index contributed by atoms with van der Waals surface area (Å²) in [6, 6.07) is -13.7. The van der Waals surface area contributed by atoms with E-state index in [4.69, 9.17) is 0 Å². The number of nitrogens with zero attached hydrogens (tertiary/aromatic N) is 9. The predicted octanol–water partition coefficient (Wildman–Crippen LogP) is 2.63. The molecule has 0 aliphatic carbocycles. The number of aliphatic hydroxyl groups is 2. The van der Waals surface area contributed by atoms with Crippen LogP contribution in [0.4, 0.5) is 19.2 Å². The summed E-state index contributed by atoms with van der Waals surface area (Å²) >= 11 is 1.10. The van der Waals surface area contributed by atoms with Gasteiger partial charge in [-0.25, -0.2) is 24.1 Å². The Bertz CT molecular complexity index is 2370. The first-order valence-corrected chi connectivity index (χ1v) is 30.5. The number of likely N-dealkylation sites (N-methyl/N-ethyl adjacent to an activating group) is 6.